The Morgan fingerprint density at radius 1 is 1.40 bits per heavy atom. The summed E-state index contributed by atoms with van der Waals surface area (Å²) in [4.78, 5) is 11.8. The second kappa shape index (κ2) is 6.86. The Bertz CT molecular complexity index is 551. The standard InChI is InChI=1S/C15H20N4O/c1-3-11(2)16-10-15(20)18-13-6-4-5-12(9-13)14-7-8-17-19-14/h4-9,11,16H,3,10H2,1-2H3,(H,17,19)(H,18,20). The average Bonchev–Trinajstić information content (AvgIpc) is 2.99. The topological polar surface area (TPSA) is 69.8 Å². The van der Waals surface area contributed by atoms with Crippen LogP contribution in [0.15, 0.2) is 36.5 Å². The van der Waals surface area contributed by atoms with E-state index in [2.05, 4.69) is 34.7 Å². The van der Waals surface area contributed by atoms with Gasteiger partial charge in [-0.3, -0.25) is 9.89 Å². The fourth-order valence-electron chi connectivity index (χ4n) is 1.80. The fourth-order valence-corrected chi connectivity index (χ4v) is 1.80. The first kappa shape index (κ1) is 14.3. The molecule has 0 spiro atoms. The second-order valence-electron chi connectivity index (χ2n) is 4.79. The molecule has 0 saturated carbocycles. The van der Waals surface area contributed by atoms with Crippen LogP contribution in [0.2, 0.25) is 0 Å². The van der Waals surface area contributed by atoms with E-state index in [1.54, 1.807) is 6.20 Å². The van der Waals surface area contributed by atoms with Crippen LogP contribution in [0.25, 0.3) is 11.3 Å². The maximum absolute atomic E-state index is 11.8. The van der Waals surface area contributed by atoms with Gasteiger partial charge in [-0.25, -0.2) is 0 Å². The smallest absolute Gasteiger partial charge is 0.238 e. The third-order valence-corrected chi connectivity index (χ3v) is 3.18. The molecule has 1 heterocycles. The van der Waals surface area contributed by atoms with Crippen molar-refractivity contribution in [2.45, 2.75) is 26.3 Å². The molecule has 0 aliphatic rings. The number of hydrogen-bond acceptors (Lipinski definition) is 3. The van der Waals surface area contributed by atoms with E-state index < -0.39 is 0 Å². The molecule has 0 saturated heterocycles. The molecule has 0 aliphatic carbocycles. The number of aromatic nitrogens is 2. The number of rotatable bonds is 6. The van der Waals surface area contributed by atoms with Crippen molar-refractivity contribution in [2.24, 2.45) is 0 Å². The lowest BCUT2D eigenvalue weighted by Crippen LogP contribution is -2.33. The number of hydrogen-bond donors (Lipinski definition) is 3. The minimum absolute atomic E-state index is 0.0351. The van der Waals surface area contributed by atoms with E-state index >= 15 is 0 Å². The third-order valence-electron chi connectivity index (χ3n) is 3.18. The van der Waals surface area contributed by atoms with Gasteiger partial charge in [0.1, 0.15) is 0 Å². The summed E-state index contributed by atoms with van der Waals surface area (Å²) in [5, 5.41) is 12.9. The van der Waals surface area contributed by atoms with Gasteiger partial charge in [0.05, 0.1) is 12.2 Å². The van der Waals surface area contributed by atoms with Gasteiger partial charge in [0.2, 0.25) is 5.91 Å². The van der Waals surface area contributed by atoms with Crippen molar-refractivity contribution in [3.05, 3.63) is 36.5 Å². The number of carbonyl (C=O) groups is 1. The first-order chi connectivity index (χ1) is 9.69. The van der Waals surface area contributed by atoms with Crippen LogP contribution in [-0.2, 0) is 4.79 Å². The summed E-state index contributed by atoms with van der Waals surface area (Å²) in [7, 11) is 0. The van der Waals surface area contributed by atoms with Crippen molar-refractivity contribution in [1.82, 2.24) is 15.5 Å². The van der Waals surface area contributed by atoms with E-state index in [0.717, 1.165) is 23.4 Å². The van der Waals surface area contributed by atoms with Crippen LogP contribution in [0.3, 0.4) is 0 Å². The van der Waals surface area contributed by atoms with Crippen LogP contribution >= 0.6 is 0 Å². The van der Waals surface area contributed by atoms with Crippen molar-refractivity contribution in [3.63, 3.8) is 0 Å². The highest BCUT2D eigenvalue weighted by Crippen LogP contribution is 2.20. The van der Waals surface area contributed by atoms with Crippen LogP contribution in [-0.4, -0.2) is 28.7 Å². The lowest BCUT2D eigenvalue weighted by molar-refractivity contribution is -0.115. The van der Waals surface area contributed by atoms with Gasteiger partial charge in [-0.05, 0) is 31.5 Å². The third kappa shape index (κ3) is 3.93. The van der Waals surface area contributed by atoms with Crippen molar-refractivity contribution < 1.29 is 4.79 Å². The van der Waals surface area contributed by atoms with E-state index in [0.29, 0.717) is 12.6 Å². The van der Waals surface area contributed by atoms with Crippen molar-refractivity contribution in [1.29, 1.82) is 0 Å². The maximum atomic E-state index is 11.8. The molecule has 0 bridgehead atoms. The molecule has 5 heteroatoms. The van der Waals surface area contributed by atoms with Crippen LogP contribution in [0.5, 0.6) is 0 Å². The summed E-state index contributed by atoms with van der Waals surface area (Å²) >= 11 is 0. The highest BCUT2D eigenvalue weighted by atomic mass is 16.1. The minimum atomic E-state index is -0.0351. The lowest BCUT2D eigenvalue weighted by atomic mass is 10.1. The van der Waals surface area contributed by atoms with Gasteiger partial charge >= 0.3 is 0 Å². The van der Waals surface area contributed by atoms with Crippen LogP contribution in [0.4, 0.5) is 5.69 Å². The lowest BCUT2D eigenvalue weighted by Gasteiger charge is -2.11. The first-order valence-electron chi connectivity index (χ1n) is 6.82. The zero-order chi connectivity index (χ0) is 14.4. The largest absolute Gasteiger partial charge is 0.325 e. The summed E-state index contributed by atoms with van der Waals surface area (Å²) in [6, 6.07) is 9.92. The molecule has 0 radical (unpaired) electrons. The Labute approximate surface area is 118 Å². The van der Waals surface area contributed by atoms with E-state index in [9.17, 15) is 4.79 Å². The summed E-state index contributed by atoms with van der Waals surface area (Å²) in [6.07, 6.45) is 2.71. The van der Waals surface area contributed by atoms with E-state index in [1.807, 2.05) is 30.3 Å². The molecule has 5 nitrogen and oxygen atoms in total. The fraction of sp³-hybridized carbons (Fsp3) is 0.333. The van der Waals surface area contributed by atoms with Gasteiger partial charge in [-0.2, -0.15) is 5.10 Å². The monoisotopic (exact) mass is 272 g/mol. The van der Waals surface area contributed by atoms with Gasteiger partial charge in [-0.1, -0.05) is 19.1 Å². The highest BCUT2D eigenvalue weighted by molar-refractivity contribution is 5.92. The second-order valence-corrected chi connectivity index (χ2v) is 4.79. The highest BCUT2D eigenvalue weighted by Gasteiger charge is 2.06. The molecular weight excluding hydrogens is 252 g/mol. The number of anilines is 1. The summed E-state index contributed by atoms with van der Waals surface area (Å²) in [6.45, 7) is 4.47. The molecule has 2 rings (SSSR count). The summed E-state index contributed by atoms with van der Waals surface area (Å²) in [5.41, 5.74) is 2.71. The van der Waals surface area contributed by atoms with E-state index in [1.165, 1.54) is 0 Å². The molecule has 1 amide bonds. The van der Waals surface area contributed by atoms with Crippen LogP contribution < -0.4 is 10.6 Å². The number of H-pyrrole nitrogens is 1. The average molecular weight is 272 g/mol. The van der Waals surface area contributed by atoms with Gasteiger partial charge in [-0.15, -0.1) is 0 Å². The number of aromatic amines is 1. The predicted molar refractivity (Wildman–Crippen MR) is 80.4 cm³/mol. The van der Waals surface area contributed by atoms with Crippen molar-refractivity contribution in [2.75, 3.05) is 11.9 Å². The number of nitrogens with one attached hydrogen (secondary N) is 3. The SMILES string of the molecule is CCC(C)NCC(=O)Nc1cccc(-c2ccn[nH]2)c1. The molecule has 20 heavy (non-hydrogen) atoms. The molecule has 1 aromatic carbocycles. The zero-order valence-electron chi connectivity index (χ0n) is 11.8. The number of amides is 1. The van der Waals surface area contributed by atoms with E-state index in [-0.39, 0.29) is 5.91 Å². The molecule has 0 fully saturated rings. The molecule has 3 N–H and O–H groups in total. The molecule has 106 valence electrons. The number of benzene rings is 1. The Hall–Kier alpha value is -2.14. The number of nitrogens with zero attached hydrogens (tertiary/aromatic N) is 1. The molecule has 1 aromatic heterocycles. The number of carbonyl (C=O) groups excluding carboxylic acids is 1. The van der Waals surface area contributed by atoms with Gasteiger partial charge in [0, 0.05) is 23.5 Å². The minimum Gasteiger partial charge on any atom is -0.325 e. The summed E-state index contributed by atoms with van der Waals surface area (Å²) < 4.78 is 0. The molecule has 1 unspecified atom stereocenters. The predicted octanol–water partition coefficient (Wildman–Crippen LogP) is 2.40. The van der Waals surface area contributed by atoms with Crippen molar-refractivity contribution in [3.8, 4) is 11.3 Å². The first-order valence-corrected chi connectivity index (χ1v) is 6.82. The maximum Gasteiger partial charge on any atom is 0.238 e. The quantitative estimate of drug-likeness (QED) is 0.756. The van der Waals surface area contributed by atoms with Crippen LogP contribution in [0.1, 0.15) is 20.3 Å². The van der Waals surface area contributed by atoms with Gasteiger partial charge in [0.25, 0.3) is 0 Å². The normalized spacial score (nSPS) is 12.1. The Morgan fingerprint density at radius 3 is 2.95 bits per heavy atom. The molecule has 0 aliphatic heterocycles. The van der Waals surface area contributed by atoms with Crippen LogP contribution in [0, 0.1) is 0 Å². The molecule has 2 aromatic rings. The van der Waals surface area contributed by atoms with E-state index in [4.69, 9.17) is 0 Å². The summed E-state index contributed by atoms with van der Waals surface area (Å²) in [5.74, 6) is -0.0351. The van der Waals surface area contributed by atoms with Gasteiger partial charge < -0.3 is 10.6 Å². The van der Waals surface area contributed by atoms with Gasteiger partial charge in [0.15, 0.2) is 0 Å². The Kier molecular flexibility index (Phi) is 4.90. The van der Waals surface area contributed by atoms with Crippen molar-refractivity contribution >= 4 is 11.6 Å². The Balaban J connectivity index is 1.96. The Morgan fingerprint density at radius 2 is 2.25 bits per heavy atom. The zero-order valence-corrected chi connectivity index (χ0v) is 11.8. The molecule has 1 atom stereocenters. The molecular formula is C15H20N4O.